The molecule has 172 valence electrons. The van der Waals surface area contributed by atoms with Crippen LogP contribution in [0.4, 0.5) is 20.5 Å². The largest absolute Gasteiger partial charge is 0.393 e. The summed E-state index contributed by atoms with van der Waals surface area (Å²) in [5, 5.41) is 15.4. The first kappa shape index (κ1) is 23.4. The number of nitrogens with zero attached hydrogens (tertiary/aromatic N) is 3. The Kier molecular flexibility index (Phi) is 8.61. The lowest BCUT2D eigenvalue weighted by molar-refractivity contribution is -0.130. The molecule has 0 aromatic carbocycles. The second kappa shape index (κ2) is 11.4. The van der Waals surface area contributed by atoms with E-state index in [1.807, 2.05) is 0 Å². The standard InChI is InChI=1S/C20H29F2N5O4/c1-12(10-31-19(21)22)25-20-24-9-16(18(29)26-14-6-7-30-11-14)17(27-20)23-8-13-2-4-15(28)5-3-13/h8-9,12-15,19,28H,2-7,10-11H2,1H3,(H,26,29)(H,24,25,27)/t12-,13?,14-,15?/m0/s1. The van der Waals surface area contributed by atoms with Crippen LogP contribution in [0.5, 0.6) is 0 Å². The van der Waals surface area contributed by atoms with Gasteiger partial charge < -0.3 is 25.2 Å². The van der Waals surface area contributed by atoms with Gasteiger partial charge in [0.2, 0.25) is 5.95 Å². The molecule has 1 aromatic rings. The second-order valence-corrected chi connectivity index (χ2v) is 7.95. The SMILES string of the molecule is C[C@@H](COC(F)F)Nc1ncc(C(=O)N[C@H]2CCOC2)c(N=CC2CCC(O)CC2)n1. The zero-order valence-electron chi connectivity index (χ0n) is 17.5. The molecule has 31 heavy (non-hydrogen) atoms. The number of aliphatic hydroxyl groups excluding tert-OH is 1. The van der Waals surface area contributed by atoms with Gasteiger partial charge in [0.25, 0.3) is 5.91 Å². The van der Waals surface area contributed by atoms with Gasteiger partial charge in [0, 0.05) is 25.1 Å². The van der Waals surface area contributed by atoms with Crippen molar-refractivity contribution in [2.45, 2.75) is 63.8 Å². The van der Waals surface area contributed by atoms with Gasteiger partial charge in [-0.05, 0) is 44.9 Å². The molecule has 1 amide bonds. The van der Waals surface area contributed by atoms with E-state index >= 15 is 0 Å². The van der Waals surface area contributed by atoms with E-state index in [0.717, 1.165) is 19.3 Å². The van der Waals surface area contributed by atoms with E-state index in [9.17, 15) is 18.7 Å². The molecule has 3 rings (SSSR count). The van der Waals surface area contributed by atoms with Crippen molar-refractivity contribution in [1.82, 2.24) is 15.3 Å². The van der Waals surface area contributed by atoms with E-state index in [1.165, 1.54) is 6.20 Å². The van der Waals surface area contributed by atoms with Crippen LogP contribution in [-0.2, 0) is 9.47 Å². The van der Waals surface area contributed by atoms with Crippen LogP contribution >= 0.6 is 0 Å². The second-order valence-electron chi connectivity index (χ2n) is 7.95. The molecule has 1 aromatic heterocycles. The molecule has 1 saturated heterocycles. The minimum atomic E-state index is -2.86. The fourth-order valence-corrected chi connectivity index (χ4v) is 3.52. The first-order chi connectivity index (χ1) is 14.9. The minimum absolute atomic E-state index is 0.0755. The highest BCUT2D eigenvalue weighted by molar-refractivity contribution is 5.98. The summed E-state index contributed by atoms with van der Waals surface area (Å²) in [5.74, 6) is 0.203. The van der Waals surface area contributed by atoms with Crippen LogP contribution in [0, 0.1) is 5.92 Å². The molecule has 2 heterocycles. The maximum Gasteiger partial charge on any atom is 0.345 e. The number of aromatic nitrogens is 2. The molecular formula is C20H29F2N5O4. The summed E-state index contributed by atoms with van der Waals surface area (Å²) in [7, 11) is 0. The molecule has 1 aliphatic heterocycles. The van der Waals surface area contributed by atoms with E-state index < -0.39 is 12.7 Å². The summed E-state index contributed by atoms with van der Waals surface area (Å²) in [6.07, 6.45) is 6.64. The molecule has 3 N–H and O–H groups in total. The van der Waals surface area contributed by atoms with E-state index in [0.29, 0.717) is 26.1 Å². The molecule has 0 bridgehead atoms. The lowest BCUT2D eigenvalue weighted by Gasteiger charge is -2.22. The predicted molar refractivity (Wildman–Crippen MR) is 110 cm³/mol. The van der Waals surface area contributed by atoms with E-state index in [2.05, 4.69) is 30.3 Å². The molecule has 11 heteroatoms. The Bertz CT molecular complexity index is 753. The van der Waals surface area contributed by atoms with Gasteiger partial charge in [0.15, 0.2) is 5.82 Å². The van der Waals surface area contributed by atoms with Gasteiger partial charge in [0.1, 0.15) is 5.56 Å². The topological polar surface area (TPSA) is 118 Å². The lowest BCUT2D eigenvalue weighted by Crippen LogP contribution is -2.35. The van der Waals surface area contributed by atoms with Gasteiger partial charge in [-0.2, -0.15) is 13.8 Å². The highest BCUT2D eigenvalue weighted by atomic mass is 19.3. The fourth-order valence-electron chi connectivity index (χ4n) is 3.52. The number of nitrogens with one attached hydrogen (secondary N) is 2. The first-order valence-corrected chi connectivity index (χ1v) is 10.5. The summed E-state index contributed by atoms with van der Waals surface area (Å²) >= 11 is 0. The molecule has 0 radical (unpaired) electrons. The number of rotatable bonds is 9. The van der Waals surface area contributed by atoms with Gasteiger partial charge in [-0.15, -0.1) is 0 Å². The third kappa shape index (κ3) is 7.44. The maximum absolute atomic E-state index is 12.7. The van der Waals surface area contributed by atoms with Gasteiger partial charge >= 0.3 is 6.61 Å². The molecule has 2 aliphatic rings. The van der Waals surface area contributed by atoms with Crippen LogP contribution in [0.15, 0.2) is 11.2 Å². The van der Waals surface area contributed by atoms with Crippen molar-refractivity contribution < 1.29 is 28.2 Å². The molecule has 1 saturated carbocycles. The number of aliphatic imine (C=N–C) groups is 1. The van der Waals surface area contributed by atoms with E-state index in [4.69, 9.17) is 4.74 Å². The predicted octanol–water partition coefficient (Wildman–Crippen LogP) is 2.29. The van der Waals surface area contributed by atoms with Crippen molar-refractivity contribution in [3.8, 4) is 0 Å². The van der Waals surface area contributed by atoms with Crippen LogP contribution in [0.1, 0.15) is 49.4 Å². The Morgan fingerprint density at radius 3 is 2.84 bits per heavy atom. The Labute approximate surface area is 179 Å². The highest BCUT2D eigenvalue weighted by Crippen LogP contribution is 2.25. The number of anilines is 1. The number of hydrogen-bond acceptors (Lipinski definition) is 8. The van der Waals surface area contributed by atoms with Crippen LogP contribution in [0.25, 0.3) is 0 Å². The Hall–Kier alpha value is -2.24. The summed E-state index contributed by atoms with van der Waals surface area (Å²) in [5.41, 5.74) is 0.223. The molecule has 0 spiro atoms. The zero-order chi connectivity index (χ0) is 22.2. The van der Waals surface area contributed by atoms with Crippen molar-refractivity contribution in [3.63, 3.8) is 0 Å². The van der Waals surface area contributed by atoms with Crippen LogP contribution in [0.3, 0.4) is 0 Å². The molecule has 9 nitrogen and oxygen atoms in total. The van der Waals surface area contributed by atoms with Crippen molar-refractivity contribution in [2.24, 2.45) is 10.9 Å². The average Bonchev–Trinajstić information content (AvgIpc) is 3.25. The van der Waals surface area contributed by atoms with Crippen LogP contribution < -0.4 is 10.6 Å². The number of ether oxygens (including phenoxy) is 2. The van der Waals surface area contributed by atoms with Gasteiger partial charge in [-0.3, -0.25) is 4.79 Å². The lowest BCUT2D eigenvalue weighted by atomic mass is 9.88. The number of hydrogen-bond donors (Lipinski definition) is 3. The molecule has 2 atom stereocenters. The monoisotopic (exact) mass is 441 g/mol. The number of carbonyl (C=O) groups excluding carboxylic acids is 1. The Morgan fingerprint density at radius 1 is 1.39 bits per heavy atom. The van der Waals surface area contributed by atoms with Gasteiger partial charge in [0.05, 0.1) is 25.4 Å². The van der Waals surface area contributed by atoms with Gasteiger partial charge in [-0.25, -0.2) is 9.98 Å². The number of aliphatic hydroxyl groups is 1. The highest BCUT2D eigenvalue weighted by Gasteiger charge is 2.23. The van der Waals surface area contributed by atoms with Crippen molar-refractivity contribution in [1.29, 1.82) is 0 Å². The number of alkyl halides is 2. The van der Waals surface area contributed by atoms with Crippen LogP contribution in [0.2, 0.25) is 0 Å². The molecule has 0 unspecified atom stereocenters. The third-order valence-corrected chi connectivity index (χ3v) is 5.27. The maximum atomic E-state index is 12.7. The first-order valence-electron chi connectivity index (χ1n) is 10.5. The summed E-state index contributed by atoms with van der Waals surface area (Å²) in [6.45, 7) is -0.375. The normalized spacial score (nSPS) is 25.1. The van der Waals surface area contributed by atoms with Gasteiger partial charge in [-0.1, -0.05) is 0 Å². The third-order valence-electron chi connectivity index (χ3n) is 5.27. The van der Waals surface area contributed by atoms with Crippen molar-refractivity contribution in [3.05, 3.63) is 11.8 Å². The summed E-state index contributed by atoms with van der Waals surface area (Å²) in [4.78, 5) is 25.7. The summed E-state index contributed by atoms with van der Waals surface area (Å²) in [6, 6.07) is -0.547. The number of halogens is 2. The Balaban J connectivity index is 1.73. The zero-order valence-corrected chi connectivity index (χ0v) is 17.5. The number of amides is 1. The summed E-state index contributed by atoms with van der Waals surface area (Å²) < 4.78 is 34.1. The minimum Gasteiger partial charge on any atom is -0.393 e. The molecule has 2 fully saturated rings. The molecular weight excluding hydrogens is 412 g/mol. The average molecular weight is 441 g/mol. The van der Waals surface area contributed by atoms with Crippen molar-refractivity contribution in [2.75, 3.05) is 25.1 Å². The van der Waals surface area contributed by atoms with Crippen LogP contribution in [-0.4, -0.2) is 71.8 Å². The fraction of sp³-hybridized carbons (Fsp3) is 0.700. The van der Waals surface area contributed by atoms with Crippen molar-refractivity contribution >= 4 is 23.9 Å². The quantitative estimate of drug-likeness (QED) is 0.503. The number of carbonyl (C=O) groups is 1. The smallest absolute Gasteiger partial charge is 0.345 e. The molecule has 1 aliphatic carbocycles. The van der Waals surface area contributed by atoms with E-state index in [-0.39, 0.29) is 47.9 Å². The van der Waals surface area contributed by atoms with E-state index in [1.54, 1.807) is 13.1 Å². The Morgan fingerprint density at radius 2 is 2.16 bits per heavy atom.